The van der Waals surface area contributed by atoms with E-state index < -0.39 is 5.97 Å². The molecule has 0 aliphatic rings. The number of benzene rings is 2. The summed E-state index contributed by atoms with van der Waals surface area (Å²) in [7, 11) is 0. The van der Waals surface area contributed by atoms with Crippen molar-refractivity contribution in [3.63, 3.8) is 0 Å². The average molecular weight is 286 g/mol. The first kappa shape index (κ1) is 12.8. The summed E-state index contributed by atoms with van der Waals surface area (Å²) in [6.07, 6.45) is 0.730. The Kier molecular flexibility index (Phi) is 3.20. The first-order chi connectivity index (χ1) is 9.63. The Morgan fingerprint density at radius 2 is 1.90 bits per heavy atom. The molecule has 0 saturated carbocycles. The molecule has 4 heteroatoms. The third-order valence-electron chi connectivity index (χ3n) is 3.28. The highest BCUT2D eigenvalue weighted by molar-refractivity contribution is 6.30. The van der Waals surface area contributed by atoms with Gasteiger partial charge in [0.25, 0.3) is 0 Å². The van der Waals surface area contributed by atoms with Crippen molar-refractivity contribution in [2.75, 3.05) is 0 Å². The van der Waals surface area contributed by atoms with Crippen molar-refractivity contribution in [2.45, 2.75) is 6.42 Å². The zero-order valence-corrected chi connectivity index (χ0v) is 11.3. The van der Waals surface area contributed by atoms with E-state index in [4.69, 9.17) is 16.7 Å². The number of halogens is 1. The maximum absolute atomic E-state index is 11.0. The van der Waals surface area contributed by atoms with Gasteiger partial charge in [-0.25, -0.2) is 4.79 Å². The van der Waals surface area contributed by atoms with E-state index in [1.54, 1.807) is 6.07 Å². The molecule has 0 bridgehead atoms. The molecule has 3 nitrogen and oxygen atoms in total. The zero-order chi connectivity index (χ0) is 14.1. The van der Waals surface area contributed by atoms with E-state index in [2.05, 4.69) is 4.98 Å². The van der Waals surface area contributed by atoms with Gasteiger partial charge in [-0.3, -0.25) is 0 Å². The van der Waals surface area contributed by atoms with E-state index in [1.807, 2.05) is 42.5 Å². The zero-order valence-electron chi connectivity index (χ0n) is 10.6. The number of hydrogen-bond acceptors (Lipinski definition) is 1. The Labute approximate surface area is 120 Å². The molecular formula is C16H12ClNO2. The number of rotatable bonds is 3. The lowest BCUT2D eigenvalue weighted by Crippen LogP contribution is -1.95. The van der Waals surface area contributed by atoms with Gasteiger partial charge in [0, 0.05) is 15.9 Å². The molecule has 0 fully saturated rings. The summed E-state index contributed by atoms with van der Waals surface area (Å²) in [5, 5.41) is 10.7. The third kappa shape index (κ3) is 2.40. The van der Waals surface area contributed by atoms with Crippen molar-refractivity contribution >= 4 is 28.5 Å². The lowest BCUT2D eigenvalue weighted by atomic mass is 10.0. The molecule has 0 unspecified atom stereocenters. The van der Waals surface area contributed by atoms with Gasteiger partial charge in [-0.05, 0) is 35.7 Å². The topological polar surface area (TPSA) is 53.1 Å². The fraction of sp³-hybridized carbons (Fsp3) is 0.0625. The maximum atomic E-state index is 11.0. The van der Waals surface area contributed by atoms with Crippen molar-refractivity contribution in [3.05, 3.63) is 70.4 Å². The van der Waals surface area contributed by atoms with Gasteiger partial charge in [0.1, 0.15) is 5.69 Å². The van der Waals surface area contributed by atoms with Crippen LogP contribution in [0.15, 0.2) is 48.5 Å². The van der Waals surface area contributed by atoms with Crippen molar-refractivity contribution in [2.24, 2.45) is 0 Å². The van der Waals surface area contributed by atoms with Crippen LogP contribution in [0.1, 0.15) is 21.6 Å². The minimum atomic E-state index is -0.946. The quantitative estimate of drug-likeness (QED) is 0.761. The predicted molar refractivity (Wildman–Crippen MR) is 79.5 cm³/mol. The highest BCUT2D eigenvalue weighted by atomic mass is 35.5. The molecule has 3 rings (SSSR count). The molecule has 0 radical (unpaired) electrons. The molecule has 1 heterocycles. The van der Waals surface area contributed by atoms with Crippen LogP contribution in [-0.4, -0.2) is 16.1 Å². The van der Waals surface area contributed by atoms with E-state index in [-0.39, 0.29) is 5.69 Å². The highest BCUT2D eigenvalue weighted by Gasteiger charge is 2.10. The fourth-order valence-electron chi connectivity index (χ4n) is 2.30. The van der Waals surface area contributed by atoms with Gasteiger partial charge in [-0.2, -0.15) is 0 Å². The summed E-state index contributed by atoms with van der Waals surface area (Å²) in [5.41, 5.74) is 3.29. The van der Waals surface area contributed by atoms with Gasteiger partial charge >= 0.3 is 5.97 Å². The minimum Gasteiger partial charge on any atom is -0.477 e. The average Bonchev–Trinajstić information content (AvgIpc) is 2.87. The largest absolute Gasteiger partial charge is 0.477 e. The first-order valence-electron chi connectivity index (χ1n) is 6.22. The molecule has 3 aromatic rings. The van der Waals surface area contributed by atoms with Crippen LogP contribution in [0.5, 0.6) is 0 Å². The fourth-order valence-corrected chi connectivity index (χ4v) is 2.43. The van der Waals surface area contributed by atoms with E-state index >= 15 is 0 Å². The Balaban J connectivity index is 2.02. The number of aromatic carboxylic acids is 1. The number of carboxylic acids is 1. The van der Waals surface area contributed by atoms with Crippen molar-refractivity contribution in [1.82, 2.24) is 4.98 Å². The van der Waals surface area contributed by atoms with Gasteiger partial charge in [0.2, 0.25) is 0 Å². The summed E-state index contributed by atoms with van der Waals surface area (Å²) >= 11 is 5.88. The Morgan fingerprint density at radius 3 is 2.60 bits per heavy atom. The molecule has 2 N–H and O–H groups in total. The van der Waals surface area contributed by atoms with E-state index in [1.165, 1.54) is 0 Å². The predicted octanol–water partition coefficient (Wildman–Crippen LogP) is 4.11. The van der Waals surface area contributed by atoms with E-state index in [9.17, 15) is 4.79 Å². The number of fused-ring (bicyclic) bond motifs is 1. The Bertz CT molecular complexity index is 775. The third-order valence-corrected chi connectivity index (χ3v) is 3.53. The molecule has 0 saturated heterocycles. The number of nitrogens with one attached hydrogen (secondary N) is 1. The molecule has 0 atom stereocenters. The summed E-state index contributed by atoms with van der Waals surface area (Å²) in [6.45, 7) is 0. The van der Waals surface area contributed by atoms with E-state index in [0.717, 1.165) is 28.5 Å². The monoisotopic (exact) mass is 285 g/mol. The summed E-state index contributed by atoms with van der Waals surface area (Å²) < 4.78 is 0. The molecule has 0 amide bonds. The second-order valence-corrected chi connectivity index (χ2v) is 5.11. The summed E-state index contributed by atoms with van der Waals surface area (Å²) in [6, 6.07) is 15.2. The van der Waals surface area contributed by atoms with E-state index in [0.29, 0.717) is 5.02 Å². The number of para-hydroxylation sites is 1. The van der Waals surface area contributed by atoms with Crippen LogP contribution in [0.3, 0.4) is 0 Å². The minimum absolute atomic E-state index is 0.212. The van der Waals surface area contributed by atoms with Crippen LogP contribution in [-0.2, 0) is 6.42 Å². The van der Waals surface area contributed by atoms with Crippen molar-refractivity contribution < 1.29 is 9.90 Å². The molecule has 20 heavy (non-hydrogen) atoms. The molecule has 0 aliphatic heterocycles. The van der Waals surface area contributed by atoms with Gasteiger partial charge in [0.05, 0.1) is 0 Å². The number of aromatic nitrogens is 1. The Hall–Kier alpha value is -2.26. The number of aromatic amines is 1. The standard InChI is InChI=1S/C16H12ClNO2/c17-13-6-4-10(5-7-13)8-11-2-1-3-12-9-14(16(19)20)18-15(11)12/h1-7,9,18H,8H2,(H,19,20). The molecule has 2 aromatic carbocycles. The van der Waals surface area contributed by atoms with Crippen LogP contribution in [0.4, 0.5) is 0 Å². The SMILES string of the molecule is O=C(O)c1cc2cccc(Cc3ccc(Cl)cc3)c2[nH]1. The van der Waals surface area contributed by atoms with Crippen LogP contribution in [0.25, 0.3) is 10.9 Å². The molecule has 1 aromatic heterocycles. The van der Waals surface area contributed by atoms with Crippen LogP contribution < -0.4 is 0 Å². The second-order valence-electron chi connectivity index (χ2n) is 4.67. The van der Waals surface area contributed by atoms with Crippen molar-refractivity contribution in [3.8, 4) is 0 Å². The van der Waals surface area contributed by atoms with Crippen LogP contribution >= 0.6 is 11.6 Å². The van der Waals surface area contributed by atoms with Gasteiger partial charge in [-0.15, -0.1) is 0 Å². The van der Waals surface area contributed by atoms with Crippen LogP contribution in [0.2, 0.25) is 5.02 Å². The number of hydrogen-bond donors (Lipinski definition) is 2. The lowest BCUT2D eigenvalue weighted by molar-refractivity contribution is 0.0691. The summed E-state index contributed by atoms with van der Waals surface area (Å²) in [5.74, 6) is -0.946. The Morgan fingerprint density at radius 1 is 1.15 bits per heavy atom. The van der Waals surface area contributed by atoms with Gasteiger partial charge in [-0.1, -0.05) is 41.9 Å². The molecular weight excluding hydrogens is 274 g/mol. The molecule has 0 spiro atoms. The van der Waals surface area contributed by atoms with Crippen LogP contribution in [0, 0.1) is 0 Å². The lowest BCUT2D eigenvalue weighted by Gasteiger charge is -2.04. The molecule has 100 valence electrons. The second kappa shape index (κ2) is 5.02. The highest BCUT2D eigenvalue weighted by Crippen LogP contribution is 2.22. The molecule has 0 aliphatic carbocycles. The van der Waals surface area contributed by atoms with Gasteiger partial charge < -0.3 is 10.1 Å². The number of H-pyrrole nitrogens is 1. The normalized spacial score (nSPS) is 10.8. The number of carbonyl (C=O) groups is 1. The number of carboxylic acid groups (broad SMARTS) is 1. The first-order valence-corrected chi connectivity index (χ1v) is 6.59. The van der Waals surface area contributed by atoms with Gasteiger partial charge in [0.15, 0.2) is 0 Å². The smallest absolute Gasteiger partial charge is 0.352 e. The van der Waals surface area contributed by atoms with Crippen molar-refractivity contribution in [1.29, 1.82) is 0 Å². The summed E-state index contributed by atoms with van der Waals surface area (Å²) in [4.78, 5) is 14.0. The maximum Gasteiger partial charge on any atom is 0.352 e.